The normalized spacial score (nSPS) is 14.5. The van der Waals surface area contributed by atoms with Gasteiger partial charge >= 0.3 is 0 Å². The molecule has 0 radical (unpaired) electrons. The van der Waals surface area contributed by atoms with Crippen LogP contribution in [-0.4, -0.2) is 59.3 Å². The molecule has 0 aromatic heterocycles. The number of hydrogen-bond donors (Lipinski definition) is 1. The fraction of sp³-hybridized carbons (Fsp3) is 0.263. The predicted octanol–water partition coefficient (Wildman–Crippen LogP) is 2.78. The van der Waals surface area contributed by atoms with E-state index in [0.717, 1.165) is 18.2 Å². The molecule has 152 valence electrons. The lowest BCUT2D eigenvalue weighted by molar-refractivity contribution is -0.384. The quantitative estimate of drug-likeness (QED) is 0.592. The van der Waals surface area contributed by atoms with Gasteiger partial charge in [-0.25, -0.2) is 4.39 Å². The molecule has 1 aliphatic heterocycles. The number of carbonyl (C=O) groups is 2. The first-order valence-electron chi connectivity index (χ1n) is 8.85. The predicted molar refractivity (Wildman–Crippen MR) is 105 cm³/mol. The Bertz CT molecular complexity index is 948. The number of piperazine rings is 1. The first-order chi connectivity index (χ1) is 13.8. The summed E-state index contributed by atoms with van der Waals surface area (Å²) in [7, 11) is 0. The van der Waals surface area contributed by atoms with Crippen molar-refractivity contribution in [2.24, 2.45) is 0 Å². The van der Waals surface area contributed by atoms with Gasteiger partial charge in [-0.1, -0.05) is 23.7 Å². The van der Waals surface area contributed by atoms with E-state index in [1.54, 1.807) is 29.2 Å². The van der Waals surface area contributed by atoms with Gasteiger partial charge in [0.15, 0.2) is 0 Å². The number of nitro groups is 1. The Hall–Kier alpha value is -3.04. The maximum atomic E-state index is 13.2. The molecule has 3 rings (SSSR count). The Morgan fingerprint density at radius 2 is 1.83 bits per heavy atom. The zero-order chi connectivity index (χ0) is 21.0. The largest absolute Gasteiger partial charge is 0.336 e. The van der Waals surface area contributed by atoms with Gasteiger partial charge in [0.1, 0.15) is 11.5 Å². The summed E-state index contributed by atoms with van der Waals surface area (Å²) in [5.74, 6) is -1.37. The molecular formula is C19H18ClFN4O4. The maximum Gasteiger partial charge on any atom is 0.295 e. The van der Waals surface area contributed by atoms with Crippen molar-refractivity contribution in [1.29, 1.82) is 0 Å². The second-order valence-corrected chi connectivity index (χ2v) is 6.92. The van der Waals surface area contributed by atoms with Gasteiger partial charge in [-0.2, -0.15) is 0 Å². The van der Waals surface area contributed by atoms with Crippen molar-refractivity contribution in [3.63, 3.8) is 0 Å². The zero-order valence-corrected chi connectivity index (χ0v) is 16.1. The topological polar surface area (TPSA) is 95.8 Å². The lowest BCUT2D eigenvalue weighted by atomic mass is 10.2. The smallest absolute Gasteiger partial charge is 0.295 e. The minimum Gasteiger partial charge on any atom is -0.336 e. The highest BCUT2D eigenvalue weighted by atomic mass is 35.5. The van der Waals surface area contributed by atoms with Crippen LogP contribution >= 0.6 is 11.6 Å². The summed E-state index contributed by atoms with van der Waals surface area (Å²) in [6, 6.07) is 9.78. The first-order valence-corrected chi connectivity index (χ1v) is 9.23. The number of amides is 2. The molecule has 0 unspecified atom stereocenters. The second-order valence-electron chi connectivity index (χ2n) is 6.51. The van der Waals surface area contributed by atoms with Crippen LogP contribution in [0, 0.1) is 15.9 Å². The lowest BCUT2D eigenvalue weighted by Gasteiger charge is -2.34. The number of nitrogens with one attached hydrogen (secondary N) is 1. The van der Waals surface area contributed by atoms with Crippen molar-refractivity contribution in [2.45, 2.75) is 0 Å². The summed E-state index contributed by atoms with van der Waals surface area (Å²) in [6.07, 6.45) is 0. The maximum absolute atomic E-state index is 13.2. The lowest BCUT2D eigenvalue weighted by Crippen LogP contribution is -2.50. The van der Waals surface area contributed by atoms with Crippen LogP contribution < -0.4 is 5.32 Å². The van der Waals surface area contributed by atoms with Gasteiger partial charge in [0.25, 0.3) is 11.6 Å². The summed E-state index contributed by atoms with van der Waals surface area (Å²) in [5.41, 5.74) is -0.133. The van der Waals surface area contributed by atoms with Crippen LogP contribution in [0.3, 0.4) is 0 Å². The first kappa shape index (κ1) is 20.7. The summed E-state index contributed by atoms with van der Waals surface area (Å²) in [5, 5.41) is 13.9. The molecule has 2 aromatic rings. The second kappa shape index (κ2) is 8.97. The summed E-state index contributed by atoms with van der Waals surface area (Å²) < 4.78 is 13.2. The molecule has 8 nitrogen and oxygen atoms in total. The molecule has 1 saturated heterocycles. The van der Waals surface area contributed by atoms with Crippen LogP contribution in [0.1, 0.15) is 10.4 Å². The van der Waals surface area contributed by atoms with Crippen molar-refractivity contribution < 1.29 is 18.9 Å². The third kappa shape index (κ3) is 5.07. The molecule has 2 aromatic carbocycles. The van der Waals surface area contributed by atoms with Gasteiger partial charge in [0.2, 0.25) is 5.91 Å². The van der Waals surface area contributed by atoms with Crippen molar-refractivity contribution in [3.05, 3.63) is 69.0 Å². The highest BCUT2D eigenvalue weighted by Gasteiger charge is 2.25. The molecule has 0 spiro atoms. The molecule has 1 heterocycles. The number of rotatable bonds is 5. The molecular weight excluding hydrogens is 403 g/mol. The fourth-order valence-corrected chi connectivity index (χ4v) is 3.29. The van der Waals surface area contributed by atoms with Crippen LogP contribution in [0.25, 0.3) is 0 Å². The monoisotopic (exact) mass is 420 g/mol. The van der Waals surface area contributed by atoms with E-state index < -0.39 is 22.3 Å². The Kier molecular flexibility index (Phi) is 6.40. The minimum atomic E-state index is -0.756. The van der Waals surface area contributed by atoms with Gasteiger partial charge in [0.05, 0.1) is 28.1 Å². The molecule has 0 bridgehead atoms. The van der Waals surface area contributed by atoms with Crippen LogP contribution in [-0.2, 0) is 4.79 Å². The van der Waals surface area contributed by atoms with Crippen LogP contribution in [0.5, 0.6) is 0 Å². The number of halogens is 2. The molecule has 1 N–H and O–H groups in total. The fourth-order valence-electron chi connectivity index (χ4n) is 3.07. The number of nitrogens with zero attached hydrogens (tertiary/aromatic N) is 3. The van der Waals surface area contributed by atoms with Crippen LogP contribution in [0.2, 0.25) is 5.02 Å². The zero-order valence-electron chi connectivity index (χ0n) is 15.3. The highest BCUT2D eigenvalue weighted by molar-refractivity contribution is 6.33. The highest BCUT2D eigenvalue weighted by Crippen LogP contribution is 2.25. The van der Waals surface area contributed by atoms with E-state index in [1.807, 2.05) is 4.90 Å². The molecule has 0 atom stereocenters. The van der Waals surface area contributed by atoms with Gasteiger partial charge in [-0.3, -0.25) is 24.6 Å². The van der Waals surface area contributed by atoms with Gasteiger partial charge in [-0.15, -0.1) is 0 Å². The summed E-state index contributed by atoms with van der Waals surface area (Å²) in [4.78, 5) is 38.6. The van der Waals surface area contributed by atoms with Gasteiger partial charge < -0.3 is 10.2 Å². The van der Waals surface area contributed by atoms with Crippen molar-refractivity contribution in [1.82, 2.24) is 9.80 Å². The number of benzene rings is 2. The number of anilines is 1. The number of carbonyl (C=O) groups excluding carboxylic acids is 2. The molecule has 0 aliphatic carbocycles. The van der Waals surface area contributed by atoms with E-state index >= 15 is 0 Å². The van der Waals surface area contributed by atoms with E-state index in [9.17, 15) is 24.1 Å². The Morgan fingerprint density at radius 3 is 2.48 bits per heavy atom. The van der Waals surface area contributed by atoms with Crippen LogP contribution in [0.4, 0.5) is 15.8 Å². The Labute approximate surface area is 171 Å². The van der Waals surface area contributed by atoms with Gasteiger partial charge in [-0.05, 0) is 24.3 Å². The van der Waals surface area contributed by atoms with E-state index in [1.165, 1.54) is 0 Å². The molecule has 1 aliphatic rings. The van der Waals surface area contributed by atoms with Crippen molar-refractivity contribution in [2.75, 3.05) is 38.0 Å². The number of hydrogen-bond acceptors (Lipinski definition) is 5. The van der Waals surface area contributed by atoms with E-state index in [2.05, 4.69) is 5.32 Å². The Morgan fingerprint density at radius 1 is 1.14 bits per heavy atom. The van der Waals surface area contributed by atoms with E-state index in [0.29, 0.717) is 36.8 Å². The third-order valence-electron chi connectivity index (χ3n) is 4.56. The summed E-state index contributed by atoms with van der Waals surface area (Å²) in [6.45, 7) is 1.79. The molecule has 0 saturated carbocycles. The molecule has 2 amide bonds. The standard InChI is InChI=1S/C19H18ClFN4O4/c20-15-4-2-1-3-14(15)19(27)24-9-7-23(8-10-24)12-18(26)22-16-6-5-13(21)11-17(16)25(28)29/h1-6,11H,7-10,12H2,(H,22,26). The molecule has 29 heavy (non-hydrogen) atoms. The molecule has 1 fully saturated rings. The van der Waals surface area contributed by atoms with E-state index in [-0.39, 0.29) is 18.1 Å². The van der Waals surface area contributed by atoms with Crippen LogP contribution in [0.15, 0.2) is 42.5 Å². The van der Waals surface area contributed by atoms with Gasteiger partial charge in [0, 0.05) is 26.2 Å². The third-order valence-corrected chi connectivity index (χ3v) is 4.89. The van der Waals surface area contributed by atoms with Crippen molar-refractivity contribution >= 4 is 34.8 Å². The number of nitro benzene ring substituents is 1. The SMILES string of the molecule is O=C(CN1CCN(C(=O)c2ccccc2Cl)CC1)Nc1ccc(F)cc1[N+](=O)[O-]. The minimum absolute atomic E-state index is 0.00263. The average Bonchev–Trinajstić information content (AvgIpc) is 2.69. The average molecular weight is 421 g/mol. The molecule has 10 heteroatoms. The van der Waals surface area contributed by atoms with E-state index in [4.69, 9.17) is 11.6 Å². The Balaban J connectivity index is 1.55. The summed E-state index contributed by atoms with van der Waals surface area (Å²) >= 11 is 6.08. The van der Waals surface area contributed by atoms with Crippen molar-refractivity contribution in [3.8, 4) is 0 Å².